The molecule has 27 heavy (non-hydrogen) atoms. The zero-order valence-electron chi connectivity index (χ0n) is 15.5. The summed E-state index contributed by atoms with van der Waals surface area (Å²) in [6, 6.07) is 15.5. The lowest BCUT2D eigenvalue weighted by Gasteiger charge is -2.23. The Labute approximate surface area is 160 Å². The van der Waals surface area contributed by atoms with Crippen LogP contribution in [-0.2, 0) is 14.9 Å². The van der Waals surface area contributed by atoms with E-state index in [4.69, 9.17) is 4.55 Å². The van der Waals surface area contributed by atoms with Crippen molar-refractivity contribution >= 4 is 16.1 Å². The Morgan fingerprint density at radius 2 is 1.52 bits per heavy atom. The number of allylic oxidation sites excluding steroid dienone is 1. The highest BCUT2D eigenvalue weighted by Crippen LogP contribution is 2.32. The second-order valence-corrected chi connectivity index (χ2v) is 8.18. The summed E-state index contributed by atoms with van der Waals surface area (Å²) in [4.78, 5) is 11.7. The number of carboxylic acid groups (broad SMARTS) is 1. The normalized spacial score (nSPS) is 15.8. The largest absolute Gasteiger partial charge is 0.481 e. The Kier molecular flexibility index (Phi) is 6.57. The van der Waals surface area contributed by atoms with Gasteiger partial charge in [-0.1, -0.05) is 68.0 Å². The van der Waals surface area contributed by atoms with Crippen LogP contribution in [0.4, 0.5) is 0 Å². The van der Waals surface area contributed by atoms with E-state index in [1.807, 2.05) is 43.3 Å². The van der Waals surface area contributed by atoms with Crippen LogP contribution in [0.25, 0.3) is 0 Å². The Hall–Kier alpha value is -2.44. The molecule has 144 valence electrons. The molecule has 5 nitrogen and oxygen atoms in total. The van der Waals surface area contributed by atoms with E-state index in [1.165, 1.54) is 24.3 Å². The summed E-state index contributed by atoms with van der Waals surface area (Å²) in [5, 5.41) is 9.77. The molecule has 3 atom stereocenters. The maximum absolute atomic E-state index is 11.9. The topological polar surface area (TPSA) is 91.7 Å². The van der Waals surface area contributed by atoms with E-state index in [9.17, 15) is 18.3 Å². The van der Waals surface area contributed by atoms with E-state index in [2.05, 4.69) is 0 Å². The van der Waals surface area contributed by atoms with Crippen LogP contribution in [0.15, 0.2) is 71.1 Å². The van der Waals surface area contributed by atoms with E-state index >= 15 is 0 Å². The first-order valence-corrected chi connectivity index (χ1v) is 10.1. The van der Waals surface area contributed by atoms with Crippen molar-refractivity contribution in [2.45, 2.75) is 37.5 Å². The molecular formula is C21H24O5S. The fraction of sp³-hybridized carbons (Fsp3) is 0.286. The molecule has 0 aliphatic rings. The van der Waals surface area contributed by atoms with Crippen LogP contribution < -0.4 is 0 Å². The first-order chi connectivity index (χ1) is 12.6. The van der Waals surface area contributed by atoms with Gasteiger partial charge in [0, 0.05) is 0 Å². The minimum atomic E-state index is -4.27. The number of carboxylic acids is 1. The van der Waals surface area contributed by atoms with E-state index in [0.717, 1.165) is 11.1 Å². The first kappa shape index (κ1) is 20.9. The quantitative estimate of drug-likeness (QED) is 0.539. The SMILES string of the molecule is CC(=CC(C)c1ccccc1)C(C(=O)O)C(C)c1ccc(S(=O)(=O)O)cc1. The molecule has 0 radical (unpaired) electrons. The zero-order valence-corrected chi connectivity index (χ0v) is 16.3. The van der Waals surface area contributed by atoms with Gasteiger partial charge in [-0.3, -0.25) is 9.35 Å². The number of hydrogen-bond donors (Lipinski definition) is 2. The third kappa shape index (κ3) is 5.28. The molecule has 6 heteroatoms. The minimum Gasteiger partial charge on any atom is -0.481 e. The van der Waals surface area contributed by atoms with Gasteiger partial charge in [-0.25, -0.2) is 0 Å². The van der Waals surface area contributed by atoms with Gasteiger partial charge in [-0.2, -0.15) is 8.42 Å². The van der Waals surface area contributed by atoms with Crippen LogP contribution in [0, 0.1) is 5.92 Å². The summed E-state index contributed by atoms with van der Waals surface area (Å²) in [6.07, 6.45) is 1.96. The number of carbonyl (C=O) groups is 1. The number of benzene rings is 2. The van der Waals surface area contributed by atoms with Crippen molar-refractivity contribution in [3.8, 4) is 0 Å². The first-order valence-electron chi connectivity index (χ1n) is 8.64. The van der Waals surface area contributed by atoms with Gasteiger partial charge in [0.25, 0.3) is 10.1 Å². The lowest BCUT2D eigenvalue weighted by molar-refractivity contribution is -0.141. The number of hydrogen-bond acceptors (Lipinski definition) is 3. The molecule has 0 fully saturated rings. The van der Waals surface area contributed by atoms with Crippen LogP contribution >= 0.6 is 0 Å². The Balaban J connectivity index is 2.30. The molecule has 0 saturated carbocycles. The summed E-state index contributed by atoms with van der Waals surface area (Å²) < 4.78 is 31.4. The molecule has 2 aromatic carbocycles. The molecular weight excluding hydrogens is 364 g/mol. The summed E-state index contributed by atoms with van der Waals surface area (Å²) in [5.74, 6) is -1.97. The highest BCUT2D eigenvalue weighted by atomic mass is 32.2. The fourth-order valence-electron chi connectivity index (χ4n) is 3.29. The van der Waals surface area contributed by atoms with Gasteiger partial charge in [0.1, 0.15) is 0 Å². The van der Waals surface area contributed by atoms with Gasteiger partial charge in [-0.15, -0.1) is 0 Å². The van der Waals surface area contributed by atoms with Gasteiger partial charge in [-0.05, 0) is 42.0 Å². The lowest BCUT2D eigenvalue weighted by Crippen LogP contribution is -2.22. The molecule has 0 bridgehead atoms. The van der Waals surface area contributed by atoms with E-state index in [0.29, 0.717) is 5.56 Å². The van der Waals surface area contributed by atoms with Gasteiger partial charge < -0.3 is 5.11 Å². The van der Waals surface area contributed by atoms with Crippen LogP contribution in [0.5, 0.6) is 0 Å². The van der Waals surface area contributed by atoms with Crippen molar-refractivity contribution in [1.29, 1.82) is 0 Å². The number of aliphatic carboxylic acids is 1. The molecule has 2 rings (SSSR count). The Morgan fingerprint density at radius 3 is 2.00 bits per heavy atom. The monoisotopic (exact) mass is 388 g/mol. The smallest absolute Gasteiger partial charge is 0.311 e. The van der Waals surface area contributed by atoms with Crippen molar-refractivity contribution in [2.75, 3.05) is 0 Å². The van der Waals surface area contributed by atoms with Gasteiger partial charge >= 0.3 is 5.97 Å². The van der Waals surface area contributed by atoms with E-state index < -0.39 is 22.0 Å². The molecule has 0 heterocycles. The molecule has 2 aromatic rings. The van der Waals surface area contributed by atoms with Crippen molar-refractivity contribution in [3.63, 3.8) is 0 Å². The molecule has 0 saturated heterocycles. The second kappa shape index (κ2) is 8.50. The second-order valence-electron chi connectivity index (χ2n) is 6.76. The summed E-state index contributed by atoms with van der Waals surface area (Å²) >= 11 is 0. The average Bonchev–Trinajstić information content (AvgIpc) is 2.61. The van der Waals surface area contributed by atoms with Crippen LogP contribution in [0.2, 0.25) is 0 Å². The molecule has 2 N–H and O–H groups in total. The predicted octanol–water partition coefficient (Wildman–Crippen LogP) is 4.49. The van der Waals surface area contributed by atoms with Crippen molar-refractivity contribution in [2.24, 2.45) is 5.92 Å². The third-order valence-electron chi connectivity index (χ3n) is 4.80. The summed E-state index contributed by atoms with van der Waals surface area (Å²) in [5.41, 5.74) is 2.53. The van der Waals surface area contributed by atoms with Crippen molar-refractivity contribution in [3.05, 3.63) is 77.4 Å². The van der Waals surface area contributed by atoms with Gasteiger partial charge in [0.05, 0.1) is 10.8 Å². The summed E-state index contributed by atoms with van der Waals surface area (Å²) in [6.45, 7) is 5.62. The average molecular weight is 388 g/mol. The van der Waals surface area contributed by atoms with Crippen molar-refractivity contribution in [1.82, 2.24) is 0 Å². The van der Waals surface area contributed by atoms with Crippen LogP contribution in [0.1, 0.15) is 43.7 Å². The highest BCUT2D eigenvalue weighted by molar-refractivity contribution is 7.85. The van der Waals surface area contributed by atoms with Gasteiger partial charge in [0.2, 0.25) is 0 Å². The summed E-state index contributed by atoms with van der Waals surface area (Å²) in [7, 11) is -4.27. The maximum atomic E-state index is 11.9. The molecule has 0 aromatic heterocycles. The molecule has 0 spiro atoms. The molecule has 0 aliphatic carbocycles. The molecule has 0 aliphatic heterocycles. The van der Waals surface area contributed by atoms with Crippen LogP contribution in [0.3, 0.4) is 0 Å². The highest BCUT2D eigenvalue weighted by Gasteiger charge is 2.28. The molecule has 3 unspecified atom stereocenters. The zero-order chi connectivity index (χ0) is 20.2. The Morgan fingerprint density at radius 1 is 0.963 bits per heavy atom. The maximum Gasteiger partial charge on any atom is 0.311 e. The number of rotatable bonds is 7. The Bertz CT molecular complexity index is 915. The van der Waals surface area contributed by atoms with Crippen LogP contribution in [-0.4, -0.2) is 24.0 Å². The standard InChI is InChI=1S/C21H24O5S/c1-14(17-7-5-4-6-8-17)13-15(2)20(21(22)23)16(3)18-9-11-19(12-10-18)27(24,25)26/h4-14,16,20H,1-3H3,(H,22,23)(H,24,25,26). The van der Waals surface area contributed by atoms with Crippen molar-refractivity contribution < 1.29 is 22.9 Å². The molecule has 0 amide bonds. The lowest BCUT2D eigenvalue weighted by atomic mass is 9.81. The predicted molar refractivity (Wildman–Crippen MR) is 104 cm³/mol. The fourth-order valence-corrected chi connectivity index (χ4v) is 3.77. The van der Waals surface area contributed by atoms with Gasteiger partial charge in [0.15, 0.2) is 0 Å². The third-order valence-corrected chi connectivity index (χ3v) is 5.67. The minimum absolute atomic E-state index is 0.0714. The van der Waals surface area contributed by atoms with E-state index in [-0.39, 0.29) is 16.7 Å². The van der Waals surface area contributed by atoms with E-state index in [1.54, 1.807) is 13.8 Å².